The number of carbonyl (C=O) groups is 1. The van der Waals surface area contributed by atoms with Crippen LogP contribution in [0.4, 0.5) is 0 Å². The second-order valence-corrected chi connectivity index (χ2v) is 6.78. The van der Waals surface area contributed by atoms with E-state index in [4.69, 9.17) is 0 Å². The Bertz CT molecular complexity index is 1080. The van der Waals surface area contributed by atoms with Gasteiger partial charge in [-0.3, -0.25) is 14.2 Å². The van der Waals surface area contributed by atoms with Crippen LogP contribution in [0, 0.1) is 6.92 Å². The molecule has 0 fully saturated rings. The van der Waals surface area contributed by atoms with Crippen molar-refractivity contribution >= 4 is 16.9 Å². The van der Waals surface area contributed by atoms with Crippen molar-refractivity contribution in [2.24, 2.45) is 14.1 Å². The molecule has 3 aromatic heterocycles. The largest absolute Gasteiger partial charge is 0.337 e. The fourth-order valence-electron chi connectivity index (χ4n) is 3.49. The zero-order chi connectivity index (χ0) is 18.4. The summed E-state index contributed by atoms with van der Waals surface area (Å²) in [6, 6.07) is 5.66. The average Bonchev–Trinajstić information content (AvgIpc) is 2.87. The third-order valence-corrected chi connectivity index (χ3v) is 5.17. The highest BCUT2D eigenvalue weighted by molar-refractivity contribution is 5.94. The predicted octanol–water partition coefficient (Wildman–Crippen LogP) is 1.22. The van der Waals surface area contributed by atoms with Crippen molar-refractivity contribution in [3.63, 3.8) is 0 Å². The van der Waals surface area contributed by atoms with E-state index in [0.29, 0.717) is 37.4 Å². The third kappa shape index (κ3) is 2.60. The zero-order valence-electron chi connectivity index (χ0n) is 15.2. The van der Waals surface area contributed by atoms with Crippen LogP contribution in [0.15, 0.2) is 29.2 Å². The molecule has 1 aliphatic rings. The molecule has 1 amide bonds. The van der Waals surface area contributed by atoms with E-state index in [1.165, 1.54) is 0 Å². The van der Waals surface area contributed by atoms with Gasteiger partial charge in [-0.1, -0.05) is 0 Å². The number of aromatic nitrogens is 4. The van der Waals surface area contributed by atoms with Gasteiger partial charge in [0.25, 0.3) is 11.5 Å². The van der Waals surface area contributed by atoms with Gasteiger partial charge in [0.05, 0.1) is 5.69 Å². The Morgan fingerprint density at radius 3 is 2.65 bits per heavy atom. The number of aryl methyl sites for hydroxylation is 2. The molecule has 26 heavy (non-hydrogen) atoms. The number of carbonyl (C=O) groups excluding carboxylic acids is 1. The first-order valence-corrected chi connectivity index (χ1v) is 8.72. The zero-order valence-corrected chi connectivity index (χ0v) is 15.2. The van der Waals surface area contributed by atoms with Crippen LogP contribution >= 0.6 is 0 Å². The van der Waals surface area contributed by atoms with E-state index >= 15 is 0 Å². The van der Waals surface area contributed by atoms with Crippen molar-refractivity contribution in [2.75, 3.05) is 13.1 Å². The fraction of sp³-hybridized carbons (Fsp3) is 0.368. The number of pyridine rings is 1. The summed E-state index contributed by atoms with van der Waals surface area (Å²) in [5, 5.41) is 1.01. The smallest absolute Gasteiger partial charge is 0.272 e. The average molecular weight is 351 g/mol. The molecule has 0 bridgehead atoms. The van der Waals surface area contributed by atoms with Crippen LogP contribution in [0.1, 0.15) is 27.6 Å². The minimum atomic E-state index is -0.102. The molecule has 4 rings (SSSR count). The van der Waals surface area contributed by atoms with Gasteiger partial charge in [-0.15, -0.1) is 0 Å². The summed E-state index contributed by atoms with van der Waals surface area (Å²) in [5.74, 6) is 0.596. The van der Waals surface area contributed by atoms with Gasteiger partial charge in [0.2, 0.25) is 0 Å². The van der Waals surface area contributed by atoms with E-state index in [0.717, 1.165) is 22.3 Å². The van der Waals surface area contributed by atoms with E-state index in [9.17, 15) is 9.59 Å². The number of hydrogen-bond acceptors (Lipinski definition) is 4. The molecule has 0 radical (unpaired) electrons. The first kappa shape index (κ1) is 16.5. The molecule has 0 N–H and O–H groups in total. The van der Waals surface area contributed by atoms with Crippen LogP contribution < -0.4 is 5.56 Å². The highest BCUT2D eigenvalue weighted by atomic mass is 16.2. The van der Waals surface area contributed by atoms with Crippen molar-refractivity contribution < 1.29 is 4.79 Å². The van der Waals surface area contributed by atoms with Crippen molar-refractivity contribution in [2.45, 2.75) is 19.8 Å². The van der Waals surface area contributed by atoms with Gasteiger partial charge in [-0.05, 0) is 31.5 Å². The molecule has 0 saturated heterocycles. The van der Waals surface area contributed by atoms with Crippen LogP contribution in [0.25, 0.3) is 11.0 Å². The standard InChI is InChI=1S/C19H21N5O2/c1-12-20-15-8-11-24(10-7-14(15)18(25)23(12)3)19(26)16-5-4-13-6-9-22(2)17(13)21-16/h4-6,9H,7-8,10-11H2,1-3H3. The normalized spacial score (nSPS) is 14.3. The molecule has 1 aliphatic heterocycles. The first-order chi connectivity index (χ1) is 12.5. The highest BCUT2D eigenvalue weighted by Gasteiger charge is 2.24. The lowest BCUT2D eigenvalue weighted by atomic mass is 10.1. The molecule has 7 nitrogen and oxygen atoms in total. The van der Waals surface area contributed by atoms with Crippen molar-refractivity contribution in [1.29, 1.82) is 0 Å². The lowest BCUT2D eigenvalue weighted by Crippen LogP contribution is -2.34. The number of rotatable bonds is 1. The van der Waals surface area contributed by atoms with Crippen LogP contribution in [0.2, 0.25) is 0 Å². The van der Waals surface area contributed by atoms with Crippen molar-refractivity contribution in [1.82, 2.24) is 24.0 Å². The van der Waals surface area contributed by atoms with Crippen molar-refractivity contribution in [3.8, 4) is 0 Å². The van der Waals surface area contributed by atoms with E-state index in [-0.39, 0.29) is 11.5 Å². The first-order valence-electron chi connectivity index (χ1n) is 8.72. The number of amides is 1. The summed E-state index contributed by atoms with van der Waals surface area (Å²) < 4.78 is 3.47. The molecule has 3 aromatic rings. The summed E-state index contributed by atoms with van der Waals surface area (Å²) in [5.41, 5.74) is 2.75. The Kier molecular flexibility index (Phi) is 3.86. The molecular weight excluding hydrogens is 330 g/mol. The van der Waals surface area contributed by atoms with E-state index < -0.39 is 0 Å². The van der Waals surface area contributed by atoms with E-state index in [1.54, 1.807) is 22.6 Å². The maximum Gasteiger partial charge on any atom is 0.272 e. The van der Waals surface area contributed by atoms with Crippen LogP contribution in [0.5, 0.6) is 0 Å². The van der Waals surface area contributed by atoms with Gasteiger partial charge in [0.1, 0.15) is 17.2 Å². The third-order valence-electron chi connectivity index (χ3n) is 5.17. The fourth-order valence-corrected chi connectivity index (χ4v) is 3.49. The van der Waals surface area contributed by atoms with Gasteiger partial charge in [0, 0.05) is 50.8 Å². The summed E-state index contributed by atoms with van der Waals surface area (Å²) >= 11 is 0. The summed E-state index contributed by atoms with van der Waals surface area (Å²) in [7, 11) is 3.65. The maximum absolute atomic E-state index is 12.9. The van der Waals surface area contributed by atoms with Crippen LogP contribution in [0.3, 0.4) is 0 Å². The molecule has 134 valence electrons. The molecule has 7 heteroatoms. The predicted molar refractivity (Wildman–Crippen MR) is 98.2 cm³/mol. The van der Waals surface area contributed by atoms with Crippen LogP contribution in [-0.4, -0.2) is 43.0 Å². The molecule has 0 aliphatic carbocycles. The number of hydrogen-bond donors (Lipinski definition) is 0. The minimum Gasteiger partial charge on any atom is -0.337 e. The maximum atomic E-state index is 12.9. The Hall–Kier alpha value is -2.96. The molecule has 4 heterocycles. The Morgan fingerprint density at radius 1 is 1.08 bits per heavy atom. The Labute approximate surface area is 150 Å². The van der Waals surface area contributed by atoms with Gasteiger partial charge in [-0.25, -0.2) is 9.97 Å². The van der Waals surface area contributed by atoms with Gasteiger partial charge < -0.3 is 9.47 Å². The monoisotopic (exact) mass is 351 g/mol. The molecule has 0 saturated carbocycles. The molecule has 0 unspecified atom stereocenters. The second kappa shape index (κ2) is 6.09. The molecule has 0 aromatic carbocycles. The Balaban J connectivity index is 1.63. The number of nitrogens with zero attached hydrogens (tertiary/aromatic N) is 5. The quantitative estimate of drug-likeness (QED) is 0.661. The van der Waals surface area contributed by atoms with Crippen LogP contribution in [-0.2, 0) is 26.9 Å². The van der Waals surface area contributed by atoms with Crippen molar-refractivity contribution in [3.05, 3.63) is 57.5 Å². The SMILES string of the molecule is Cc1nc2c(c(=O)n1C)CCN(C(=O)c1ccc3ccn(C)c3n1)CC2. The topological polar surface area (TPSA) is 73.0 Å². The summed E-state index contributed by atoms with van der Waals surface area (Å²) in [6.07, 6.45) is 3.04. The second-order valence-electron chi connectivity index (χ2n) is 6.78. The van der Waals surface area contributed by atoms with E-state index in [1.807, 2.05) is 36.9 Å². The summed E-state index contributed by atoms with van der Waals surface area (Å²) in [6.45, 7) is 2.87. The van der Waals surface area contributed by atoms with E-state index in [2.05, 4.69) is 9.97 Å². The molecule has 0 spiro atoms. The number of fused-ring (bicyclic) bond motifs is 2. The molecule has 0 atom stereocenters. The van der Waals surface area contributed by atoms with Gasteiger partial charge >= 0.3 is 0 Å². The highest BCUT2D eigenvalue weighted by Crippen LogP contribution is 2.16. The Morgan fingerprint density at radius 2 is 1.85 bits per heavy atom. The molecular formula is C19H21N5O2. The lowest BCUT2D eigenvalue weighted by Gasteiger charge is -2.19. The minimum absolute atomic E-state index is 0.00912. The van der Waals surface area contributed by atoms with Gasteiger partial charge in [0.15, 0.2) is 0 Å². The lowest BCUT2D eigenvalue weighted by molar-refractivity contribution is 0.0757. The van der Waals surface area contributed by atoms with Gasteiger partial charge in [-0.2, -0.15) is 0 Å². The summed E-state index contributed by atoms with van der Waals surface area (Å²) in [4.78, 5) is 36.3.